The fraction of sp³-hybridized carbons (Fsp3) is 0.667. The van der Waals surface area contributed by atoms with Gasteiger partial charge in [0.1, 0.15) is 0 Å². The molecule has 0 spiro atoms. The van der Waals surface area contributed by atoms with Gasteiger partial charge in [0.05, 0.1) is 4.90 Å². The van der Waals surface area contributed by atoms with Crippen molar-refractivity contribution in [1.82, 2.24) is 14.5 Å². The molecule has 158 valence electrons. The smallest absolute Gasteiger partial charge is 0.251 e. The van der Waals surface area contributed by atoms with Crippen molar-refractivity contribution in [1.29, 1.82) is 0 Å². The van der Waals surface area contributed by atoms with E-state index in [0.29, 0.717) is 17.7 Å². The van der Waals surface area contributed by atoms with Gasteiger partial charge in [-0.15, -0.1) is 0 Å². The Balaban J connectivity index is 2.28. The molecule has 1 aromatic rings. The number of likely N-dealkylation sites (N-methyl/N-ethyl adjacent to an activating group) is 1. The number of carbonyl (C=O) groups excluding carboxylic acids is 1. The van der Waals surface area contributed by atoms with Crippen LogP contribution in [0.2, 0.25) is 0 Å². The van der Waals surface area contributed by atoms with Crippen LogP contribution in [0.1, 0.15) is 60.0 Å². The van der Waals surface area contributed by atoms with E-state index in [2.05, 4.69) is 24.3 Å². The highest BCUT2D eigenvalue weighted by Crippen LogP contribution is 2.31. The second-order valence-corrected chi connectivity index (χ2v) is 10.5. The molecule has 28 heavy (non-hydrogen) atoms. The molecule has 0 unspecified atom stereocenters. The third-order valence-corrected chi connectivity index (χ3v) is 8.14. The number of nitrogens with zero attached hydrogens (tertiary/aromatic N) is 2. The van der Waals surface area contributed by atoms with E-state index >= 15 is 0 Å². The molecule has 7 heteroatoms. The van der Waals surface area contributed by atoms with Gasteiger partial charge in [0.25, 0.3) is 5.91 Å². The number of sulfonamides is 1. The molecule has 0 radical (unpaired) electrons. The topological polar surface area (TPSA) is 69.7 Å². The van der Waals surface area contributed by atoms with Gasteiger partial charge < -0.3 is 10.2 Å². The normalized spacial score (nSPS) is 17.6. The summed E-state index contributed by atoms with van der Waals surface area (Å²) < 4.78 is 26.5. The van der Waals surface area contributed by atoms with Crippen molar-refractivity contribution in [2.75, 3.05) is 34.7 Å². The predicted molar refractivity (Wildman–Crippen MR) is 113 cm³/mol. The van der Waals surface area contributed by atoms with Gasteiger partial charge in [-0.2, -0.15) is 0 Å². The van der Waals surface area contributed by atoms with Crippen LogP contribution < -0.4 is 5.32 Å². The molecule has 2 rings (SSSR count). The number of aryl methyl sites for hydroxylation is 1. The molecule has 0 aliphatic heterocycles. The fourth-order valence-corrected chi connectivity index (χ4v) is 5.16. The van der Waals surface area contributed by atoms with Crippen molar-refractivity contribution in [2.24, 2.45) is 0 Å². The van der Waals surface area contributed by atoms with Crippen LogP contribution >= 0.6 is 0 Å². The molecule has 0 heterocycles. The molecular formula is C21H35N3O3S. The Morgan fingerprint density at radius 2 is 1.61 bits per heavy atom. The molecule has 0 atom stereocenters. The Morgan fingerprint density at radius 1 is 1.04 bits per heavy atom. The summed E-state index contributed by atoms with van der Waals surface area (Å²) in [6.07, 6.45) is 6.95. The van der Waals surface area contributed by atoms with Crippen LogP contribution in [-0.2, 0) is 10.0 Å². The average Bonchev–Trinajstić information content (AvgIpc) is 2.88. The quantitative estimate of drug-likeness (QED) is 0.734. The number of benzene rings is 1. The van der Waals surface area contributed by atoms with E-state index in [9.17, 15) is 13.2 Å². The van der Waals surface area contributed by atoms with Crippen LogP contribution in [0.4, 0.5) is 0 Å². The van der Waals surface area contributed by atoms with Gasteiger partial charge >= 0.3 is 0 Å². The van der Waals surface area contributed by atoms with Gasteiger partial charge in [-0.1, -0.05) is 25.7 Å². The molecule has 6 nitrogen and oxygen atoms in total. The van der Waals surface area contributed by atoms with Crippen molar-refractivity contribution in [3.05, 3.63) is 28.8 Å². The zero-order chi connectivity index (χ0) is 21.1. The molecule has 0 bridgehead atoms. The Bertz CT molecular complexity index is 808. The maximum Gasteiger partial charge on any atom is 0.251 e. The number of rotatable bonds is 6. The van der Waals surface area contributed by atoms with E-state index in [1.807, 2.05) is 6.92 Å². The van der Waals surface area contributed by atoms with Crippen LogP contribution in [-0.4, -0.2) is 63.8 Å². The first-order valence-electron chi connectivity index (χ1n) is 10.0. The van der Waals surface area contributed by atoms with E-state index in [1.165, 1.54) is 50.2 Å². The van der Waals surface area contributed by atoms with E-state index < -0.39 is 10.0 Å². The SMILES string of the molecule is Cc1cc(C(=O)NCC2(N(C)C)CCCCCC2)cc(S(=O)(=O)N(C)C)c1C. The Labute approximate surface area is 170 Å². The summed E-state index contributed by atoms with van der Waals surface area (Å²) in [5.74, 6) is -0.219. The third kappa shape index (κ3) is 4.75. The number of hydrogen-bond donors (Lipinski definition) is 1. The highest BCUT2D eigenvalue weighted by Gasteiger charge is 2.33. The van der Waals surface area contributed by atoms with Gasteiger partial charge in [-0.25, -0.2) is 12.7 Å². The fourth-order valence-electron chi connectivity index (χ4n) is 3.94. The minimum Gasteiger partial charge on any atom is -0.350 e. The summed E-state index contributed by atoms with van der Waals surface area (Å²) >= 11 is 0. The summed E-state index contributed by atoms with van der Waals surface area (Å²) in [5.41, 5.74) is 1.83. The Kier molecular flexibility index (Phi) is 7.28. The average molecular weight is 410 g/mol. The summed E-state index contributed by atoms with van der Waals surface area (Å²) in [7, 11) is 3.56. The maximum atomic E-state index is 12.9. The molecule has 1 amide bonds. The van der Waals surface area contributed by atoms with Gasteiger partial charge in [0.2, 0.25) is 10.0 Å². The number of hydrogen-bond acceptors (Lipinski definition) is 4. The van der Waals surface area contributed by atoms with E-state index in [4.69, 9.17) is 0 Å². The van der Waals surface area contributed by atoms with E-state index in [1.54, 1.807) is 13.0 Å². The molecule has 1 fully saturated rings. The van der Waals surface area contributed by atoms with E-state index in [-0.39, 0.29) is 16.3 Å². The lowest BCUT2D eigenvalue weighted by molar-refractivity contribution is 0.0869. The largest absolute Gasteiger partial charge is 0.350 e. The highest BCUT2D eigenvalue weighted by molar-refractivity contribution is 7.89. The minimum absolute atomic E-state index is 0.0373. The molecular weight excluding hydrogens is 374 g/mol. The minimum atomic E-state index is -3.61. The van der Waals surface area contributed by atoms with Gasteiger partial charge in [0.15, 0.2) is 0 Å². The first-order chi connectivity index (χ1) is 13.0. The summed E-state index contributed by atoms with van der Waals surface area (Å²) in [4.78, 5) is 15.3. The van der Waals surface area contributed by atoms with Crippen LogP contribution in [0.25, 0.3) is 0 Å². The van der Waals surface area contributed by atoms with Crippen molar-refractivity contribution >= 4 is 15.9 Å². The molecule has 1 aromatic carbocycles. The number of amides is 1. The van der Waals surface area contributed by atoms with Crippen molar-refractivity contribution in [3.63, 3.8) is 0 Å². The highest BCUT2D eigenvalue weighted by atomic mass is 32.2. The van der Waals surface area contributed by atoms with Crippen LogP contribution in [0, 0.1) is 13.8 Å². The Morgan fingerprint density at radius 3 is 2.11 bits per heavy atom. The summed E-state index contributed by atoms with van der Waals surface area (Å²) in [5, 5.41) is 3.08. The van der Waals surface area contributed by atoms with Crippen LogP contribution in [0.5, 0.6) is 0 Å². The van der Waals surface area contributed by atoms with Crippen molar-refractivity contribution in [2.45, 2.75) is 62.8 Å². The lowest BCUT2D eigenvalue weighted by atomic mass is 9.88. The third-order valence-electron chi connectivity index (χ3n) is 6.20. The number of nitrogens with one attached hydrogen (secondary N) is 1. The zero-order valence-electron chi connectivity index (χ0n) is 18.1. The van der Waals surface area contributed by atoms with Crippen molar-refractivity contribution < 1.29 is 13.2 Å². The summed E-state index contributed by atoms with van der Waals surface area (Å²) in [6.45, 7) is 4.19. The standard InChI is InChI=1S/C21H35N3O3S/c1-16-13-18(14-19(17(16)2)28(26,27)24(5)6)20(25)22-15-21(23(3)4)11-9-7-8-10-12-21/h13-14H,7-12,15H2,1-6H3,(H,22,25). The van der Waals surface area contributed by atoms with Crippen molar-refractivity contribution in [3.8, 4) is 0 Å². The molecule has 1 aliphatic rings. The second-order valence-electron chi connectivity index (χ2n) is 8.42. The lowest BCUT2D eigenvalue weighted by Crippen LogP contribution is -2.52. The molecule has 1 aliphatic carbocycles. The van der Waals surface area contributed by atoms with Gasteiger partial charge in [-0.3, -0.25) is 4.79 Å². The molecule has 1 N–H and O–H groups in total. The maximum absolute atomic E-state index is 12.9. The molecule has 1 saturated carbocycles. The first kappa shape index (κ1) is 22.8. The Hall–Kier alpha value is -1.44. The predicted octanol–water partition coefficient (Wildman–Crippen LogP) is 2.94. The zero-order valence-corrected chi connectivity index (χ0v) is 18.9. The first-order valence-corrected chi connectivity index (χ1v) is 11.4. The summed E-state index contributed by atoms with van der Waals surface area (Å²) in [6, 6.07) is 3.27. The van der Waals surface area contributed by atoms with Crippen LogP contribution in [0.3, 0.4) is 0 Å². The second kappa shape index (κ2) is 8.93. The lowest BCUT2D eigenvalue weighted by Gasteiger charge is -2.39. The van der Waals surface area contributed by atoms with Gasteiger partial charge in [-0.05, 0) is 64.0 Å². The number of carbonyl (C=O) groups is 1. The van der Waals surface area contributed by atoms with Crippen LogP contribution in [0.15, 0.2) is 17.0 Å². The van der Waals surface area contributed by atoms with Gasteiger partial charge in [0, 0.05) is 31.7 Å². The molecule has 0 aromatic heterocycles. The monoisotopic (exact) mass is 409 g/mol. The molecule has 0 saturated heterocycles. The van der Waals surface area contributed by atoms with E-state index in [0.717, 1.165) is 18.4 Å².